The molecule has 0 aliphatic rings. The minimum atomic E-state index is -0.416. The fraction of sp³-hybridized carbons (Fsp3) is 0.579. The van der Waals surface area contributed by atoms with Gasteiger partial charge in [-0.05, 0) is 50.3 Å². The average molecular weight is 397 g/mol. The van der Waals surface area contributed by atoms with Crippen LogP contribution >= 0.6 is 15.9 Å². The number of carbonyl (C=O) groups is 2. The molecule has 24 heavy (non-hydrogen) atoms. The van der Waals surface area contributed by atoms with Crippen molar-refractivity contribution >= 4 is 27.7 Å². The first-order chi connectivity index (χ1) is 11.3. The van der Waals surface area contributed by atoms with E-state index in [0.29, 0.717) is 31.7 Å². The van der Waals surface area contributed by atoms with Crippen LogP contribution in [0.3, 0.4) is 0 Å². The highest BCUT2D eigenvalue weighted by Crippen LogP contribution is 2.30. The molecule has 0 unspecified atom stereocenters. The molecule has 0 spiro atoms. The zero-order valence-electron chi connectivity index (χ0n) is 15.1. The van der Waals surface area contributed by atoms with Crippen molar-refractivity contribution in [1.29, 1.82) is 0 Å². The molecular formula is C19H29BrN2O2. The summed E-state index contributed by atoms with van der Waals surface area (Å²) in [6.07, 6.45) is 2.16. The number of halogens is 1. The summed E-state index contributed by atoms with van der Waals surface area (Å²) in [5, 5.41) is 5.93. The number of benzene rings is 1. The summed E-state index contributed by atoms with van der Waals surface area (Å²) in [6.45, 7) is 8.88. The lowest BCUT2D eigenvalue weighted by Crippen LogP contribution is -2.44. The zero-order chi connectivity index (χ0) is 18.2. The molecule has 0 saturated carbocycles. The maximum Gasteiger partial charge on any atom is 0.220 e. The van der Waals surface area contributed by atoms with Gasteiger partial charge in [-0.1, -0.05) is 41.9 Å². The highest BCUT2D eigenvalue weighted by Gasteiger charge is 2.29. The Balaban J connectivity index is 2.72. The number of amides is 2. The lowest BCUT2D eigenvalue weighted by molar-refractivity contribution is -0.123. The summed E-state index contributed by atoms with van der Waals surface area (Å²) in [6, 6.07) is 8.06. The van der Waals surface area contributed by atoms with Crippen LogP contribution in [0.1, 0.15) is 58.9 Å². The molecule has 1 aromatic rings. The van der Waals surface area contributed by atoms with Gasteiger partial charge in [0, 0.05) is 23.9 Å². The molecule has 0 radical (unpaired) electrons. The number of hydrogen-bond acceptors (Lipinski definition) is 2. The zero-order valence-corrected chi connectivity index (χ0v) is 16.7. The van der Waals surface area contributed by atoms with Gasteiger partial charge in [-0.2, -0.15) is 0 Å². The predicted molar refractivity (Wildman–Crippen MR) is 102 cm³/mol. The maximum absolute atomic E-state index is 12.4. The van der Waals surface area contributed by atoms with Crippen molar-refractivity contribution in [2.45, 2.75) is 58.9 Å². The van der Waals surface area contributed by atoms with E-state index in [2.05, 4.69) is 53.4 Å². The second-order valence-electron chi connectivity index (χ2n) is 6.80. The van der Waals surface area contributed by atoms with E-state index in [0.717, 1.165) is 16.5 Å². The van der Waals surface area contributed by atoms with E-state index >= 15 is 0 Å². The van der Waals surface area contributed by atoms with E-state index in [1.165, 1.54) is 0 Å². The number of rotatable bonds is 9. The molecule has 0 aliphatic heterocycles. The molecule has 0 aromatic heterocycles. The third-order valence-corrected chi connectivity index (χ3v) is 4.37. The number of carbonyl (C=O) groups excluding carboxylic acids is 2. The lowest BCUT2D eigenvalue weighted by atomic mass is 9.84. The third kappa shape index (κ3) is 7.04. The molecule has 0 bridgehead atoms. The van der Waals surface area contributed by atoms with Crippen LogP contribution in [0.5, 0.6) is 0 Å². The molecule has 0 heterocycles. The molecule has 1 aromatic carbocycles. The second kappa shape index (κ2) is 9.82. The number of nitrogens with one attached hydrogen (secondary N) is 2. The van der Waals surface area contributed by atoms with Crippen molar-refractivity contribution in [2.75, 3.05) is 6.54 Å². The van der Waals surface area contributed by atoms with Crippen LogP contribution < -0.4 is 10.6 Å². The standard InChI is InChI=1S/C19H29BrN2O2/c1-5-21-17(23)10-7-11-18(24)22-19(4,13-14(2)3)15-8-6-9-16(20)12-15/h6,8-9,12,14H,5,7,10-11,13H2,1-4H3,(H,21,23)(H,22,24)/t19-/m0/s1. The first-order valence-electron chi connectivity index (χ1n) is 8.60. The van der Waals surface area contributed by atoms with Gasteiger partial charge < -0.3 is 10.6 Å². The van der Waals surface area contributed by atoms with Crippen LogP contribution in [0.15, 0.2) is 28.7 Å². The van der Waals surface area contributed by atoms with Gasteiger partial charge >= 0.3 is 0 Å². The van der Waals surface area contributed by atoms with Crippen molar-refractivity contribution in [2.24, 2.45) is 5.92 Å². The molecule has 1 atom stereocenters. The Hall–Kier alpha value is -1.36. The lowest BCUT2D eigenvalue weighted by Gasteiger charge is -2.33. The summed E-state index contributed by atoms with van der Waals surface area (Å²) < 4.78 is 1.00. The monoisotopic (exact) mass is 396 g/mol. The van der Waals surface area contributed by atoms with Crippen molar-refractivity contribution < 1.29 is 9.59 Å². The van der Waals surface area contributed by atoms with Gasteiger partial charge in [-0.15, -0.1) is 0 Å². The van der Waals surface area contributed by atoms with Crippen molar-refractivity contribution in [3.63, 3.8) is 0 Å². The Morgan fingerprint density at radius 2 is 1.88 bits per heavy atom. The van der Waals surface area contributed by atoms with Gasteiger partial charge in [0.2, 0.25) is 11.8 Å². The summed E-state index contributed by atoms with van der Waals surface area (Å²) in [5.74, 6) is 0.439. The van der Waals surface area contributed by atoms with E-state index in [4.69, 9.17) is 0 Å². The minimum absolute atomic E-state index is 0.00207. The molecule has 0 fully saturated rings. The summed E-state index contributed by atoms with van der Waals surface area (Å²) >= 11 is 3.50. The Morgan fingerprint density at radius 1 is 1.21 bits per heavy atom. The fourth-order valence-corrected chi connectivity index (χ4v) is 3.35. The molecule has 5 heteroatoms. The van der Waals surface area contributed by atoms with E-state index in [-0.39, 0.29) is 11.8 Å². The predicted octanol–water partition coefficient (Wildman–Crippen LogP) is 4.13. The molecule has 4 nitrogen and oxygen atoms in total. The van der Waals surface area contributed by atoms with E-state index in [1.54, 1.807) is 0 Å². The average Bonchev–Trinajstić information content (AvgIpc) is 2.46. The first kappa shape index (κ1) is 20.7. The molecule has 2 amide bonds. The van der Waals surface area contributed by atoms with Gasteiger partial charge in [-0.3, -0.25) is 9.59 Å². The van der Waals surface area contributed by atoms with E-state index in [9.17, 15) is 9.59 Å². The molecule has 0 saturated heterocycles. The third-order valence-electron chi connectivity index (χ3n) is 3.88. The van der Waals surface area contributed by atoms with Crippen LogP contribution in [0.2, 0.25) is 0 Å². The highest BCUT2D eigenvalue weighted by molar-refractivity contribution is 9.10. The maximum atomic E-state index is 12.4. The van der Waals surface area contributed by atoms with Crippen LogP contribution in [0.25, 0.3) is 0 Å². The van der Waals surface area contributed by atoms with Gasteiger partial charge in [0.1, 0.15) is 0 Å². The van der Waals surface area contributed by atoms with Crippen molar-refractivity contribution in [1.82, 2.24) is 10.6 Å². The Bertz CT molecular complexity index is 560. The highest BCUT2D eigenvalue weighted by atomic mass is 79.9. The van der Waals surface area contributed by atoms with Gasteiger partial charge in [-0.25, -0.2) is 0 Å². The second-order valence-corrected chi connectivity index (χ2v) is 7.71. The van der Waals surface area contributed by atoms with Crippen LogP contribution in [0, 0.1) is 5.92 Å². The largest absolute Gasteiger partial charge is 0.356 e. The molecular weight excluding hydrogens is 368 g/mol. The Labute approximate surface area is 153 Å². The van der Waals surface area contributed by atoms with Gasteiger partial charge in [0.05, 0.1) is 5.54 Å². The van der Waals surface area contributed by atoms with Crippen molar-refractivity contribution in [3.8, 4) is 0 Å². The number of hydrogen-bond donors (Lipinski definition) is 2. The fourth-order valence-electron chi connectivity index (χ4n) is 2.95. The summed E-state index contributed by atoms with van der Waals surface area (Å²) in [7, 11) is 0. The Kier molecular flexibility index (Phi) is 8.46. The molecule has 134 valence electrons. The van der Waals surface area contributed by atoms with Crippen LogP contribution in [-0.2, 0) is 15.1 Å². The summed E-state index contributed by atoms with van der Waals surface area (Å²) in [4.78, 5) is 23.8. The van der Waals surface area contributed by atoms with Crippen LogP contribution in [-0.4, -0.2) is 18.4 Å². The van der Waals surface area contributed by atoms with Crippen molar-refractivity contribution in [3.05, 3.63) is 34.3 Å². The quantitative estimate of drug-likeness (QED) is 0.658. The van der Waals surface area contributed by atoms with Crippen LogP contribution in [0.4, 0.5) is 0 Å². The van der Waals surface area contributed by atoms with Gasteiger partial charge in [0.15, 0.2) is 0 Å². The SMILES string of the molecule is CCNC(=O)CCCC(=O)N[C@@](C)(CC(C)C)c1cccc(Br)c1. The molecule has 2 N–H and O–H groups in total. The molecule has 0 aliphatic carbocycles. The summed E-state index contributed by atoms with van der Waals surface area (Å²) in [5.41, 5.74) is 0.670. The van der Waals surface area contributed by atoms with E-state index < -0.39 is 5.54 Å². The normalized spacial score (nSPS) is 13.4. The molecule has 1 rings (SSSR count). The smallest absolute Gasteiger partial charge is 0.220 e. The first-order valence-corrected chi connectivity index (χ1v) is 9.40. The van der Waals surface area contributed by atoms with E-state index in [1.807, 2.05) is 25.1 Å². The van der Waals surface area contributed by atoms with Gasteiger partial charge in [0.25, 0.3) is 0 Å². The minimum Gasteiger partial charge on any atom is -0.356 e. The Morgan fingerprint density at radius 3 is 2.46 bits per heavy atom. The topological polar surface area (TPSA) is 58.2 Å².